The fourth-order valence-corrected chi connectivity index (χ4v) is 5.37. The molecule has 10 nitrogen and oxygen atoms in total. The second kappa shape index (κ2) is 11.5. The molecule has 2 heterocycles. The Hall–Kier alpha value is -3.47. The molecule has 3 rings (SSSR count). The number of fused-ring (bicyclic) bond motifs is 1. The van der Waals surface area contributed by atoms with Crippen molar-refractivity contribution in [3.63, 3.8) is 0 Å². The van der Waals surface area contributed by atoms with E-state index in [9.17, 15) is 18.0 Å². The summed E-state index contributed by atoms with van der Waals surface area (Å²) in [5, 5.41) is 0. The van der Waals surface area contributed by atoms with Gasteiger partial charge in [0.15, 0.2) is 0 Å². The molecule has 0 radical (unpaired) electrons. The summed E-state index contributed by atoms with van der Waals surface area (Å²) in [6.07, 6.45) is 2.39. The number of pyridine rings is 1. The maximum absolute atomic E-state index is 13.6. The molecule has 0 aliphatic carbocycles. The van der Waals surface area contributed by atoms with E-state index in [2.05, 4.69) is 9.97 Å². The number of aromatic nitrogens is 3. The summed E-state index contributed by atoms with van der Waals surface area (Å²) >= 11 is 0. The molecule has 0 fully saturated rings. The van der Waals surface area contributed by atoms with E-state index >= 15 is 0 Å². The van der Waals surface area contributed by atoms with Gasteiger partial charge < -0.3 is 14.0 Å². The summed E-state index contributed by atoms with van der Waals surface area (Å²) in [5.74, 6) is -0.0821. The number of carbonyl (C=O) groups is 2. The molecule has 0 N–H and O–H groups in total. The van der Waals surface area contributed by atoms with Crippen LogP contribution in [0, 0.1) is 12.8 Å². The van der Waals surface area contributed by atoms with Gasteiger partial charge in [-0.1, -0.05) is 26.0 Å². The molecule has 0 spiro atoms. The van der Waals surface area contributed by atoms with Crippen LogP contribution in [0.25, 0.3) is 11.0 Å². The summed E-state index contributed by atoms with van der Waals surface area (Å²) in [6, 6.07) is 6.65. The third-order valence-corrected chi connectivity index (χ3v) is 7.34. The summed E-state index contributed by atoms with van der Waals surface area (Å²) in [7, 11) is -4.42. The van der Waals surface area contributed by atoms with Crippen molar-refractivity contribution in [1.82, 2.24) is 18.8 Å². The smallest absolute Gasteiger partial charge is 0.424 e. The van der Waals surface area contributed by atoms with Gasteiger partial charge in [-0.15, -0.1) is 0 Å². The second-order valence-electron chi connectivity index (χ2n) is 8.65. The average Bonchev–Trinajstić information content (AvgIpc) is 3.14. The van der Waals surface area contributed by atoms with Crippen molar-refractivity contribution < 1.29 is 27.5 Å². The Bertz CT molecular complexity index is 1320. The van der Waals surface area contributed by atoms with Gasteiger partial charge in [0, 0.05) is 12.7 Å². The molecule has 0 saturated heterocycles. The fourth-order valence-electron chi connectivity index (χ4n) is 3.91. The highest BCUT2D eigenvalue weighted by Crippen LogP contribution is 2.25. The first-order chi connectivity index (χ1) is 17.1. The molecule has 0 saturated carbocycles. The highest BCUT2D eigenvalue weighted by molar-refractivity contribution is 7.89. The molecule has 2 aromatic heterocycles. The van der Waals surface area contributed by atoms with E-state index in [0.717, 1.165) is 22.4 Å². The second-order valence-corrected chi connectivity index (χ2v) is 10.5. The molecule has 1 atom stereocenters. The van der Waals surface area contributed by atoms with Gasteiger partial charge in [0.2, 0.25) is 0 Å². The van der Waals surface area contributed by atoms with Gasteiger partial charge in [-0.25, -0.2) is 23.0 Å². The SMILES string of the molecule is CCOC(=O)C(CC(C)C)N(C(=O)OCC)S(=O)(=O)c1ccc(Cn2c(C)nc3ccncc32)cc1. The number of hydrogen-bond acceptors (Lipinski definition) is 8. The van der Waals surface area contributed by atoms with E-state index in [1.807, 2.05) is 31.4 Å². The van der Waals surface area contributed by atoms with Crippen LogP contribution in [0.3, 0.4) is 0 Å². The van der Waals surface area contributed by atoms with Gasteiger partial charge in [-0.05, 0) is 56.9 Å². The van der Waals surface area contributed by atoms with E-state index in [0.29, 0.717) is 10.8 Å². The Kier molecular flexibility index (Phi) is 8.67. The zero-order chi connectivity index (χ0) is 26.5. The standard InChI is InChI=1S/C25H32N4O6S/c1-6-34-24(30)22(14-17(3)4)29(25(31)35-7-2)36(32,33)20-10-8-19(9-11-20)16-28-18(5)27-21-12-13-26-15-23(21)28/h8-13,15,17,22H,6-7,14,16H2,1-5H3. The van der Waals surface area contributed by atoms with Crippen molar-refractivity contribution in [2.75, 3.05) is 13.2 Å². The summed E-state index contributed by atoms with van der Waals surface area (Å²) in [4.78, 5) is 34.1. The van der Waals surface area contributed by atoms with Crippen molar-refractivity contribution in [2.45, 2.75) is 58.5 Å². The number of rotatable bonds is 10. The van der Waals surface area contributed by atoms with Crippen LogP contribution in [0.15, 0.2) is 47.6 Å². The fraction of sp³-hybridized carbons (Fsp3) is 0.440. The molecule has 0 aliphatic heterocycles. The van der Waals surface area contributed by atoms with Crippen LogP contribution in [-0.4, -0.2) is 58.6 Å². The predicted molar refractivity (Wildman–Crippen MR) is 134 cm³/mol. The Morgan fingerprint density at radius 2 is 1.72 bits per heavy atom. The molecular weight excluding hydrogens is 484 g/mol. The van der Waals surface area contributed by atoms with Gasteiger partial charge in [-0.2, -0.15) is 4.31 Å². The lowest BCUT2D eigenvalue weighted by atomic mass is 10.0. The van der Waals surface area contributed by atoms with Crippen LogP contribution >= 0.6 is 0 Å². The zero-order valence-corrected chi connectivity index (χ0v) is 22.0. The number of sulfonamides is 1. The average molecular weight is 517 g/mol. The number of nitrogens with zero attached hydrogens (tertiary/aromatic N) is 4. The Labute approximate surface area is 211 Å². The van der Waals surface area contributed by atoms with Gasteiger partial charge in [0.1, 0.15) is 11.9 Å². The maximum atomic E-state index is 13.6. The van der Waals surface area contributed by atoms with Crippen LogP contribution in [0.2, 0.25) is 0 Å². The van der Waals surface area contributed by atoms with E-state index in [1.54, 1.807) is 38.4 Å². The largest absolute Gasteiger partial charge is 0.464 e. The number of imidazole rings is 1. The van der Waals surface area contributed by atoms with E-state index in [1.165, 1.54) is 12.1 Å². The van der Waals surface area contributed by atoms with Gasteiger partial charge in [0.05, 0.1) is 35.3 Å². The highest BCUT2D eigenvalue weighted by atomic mass is 32.2. The topological polar surface area (TPSA) is 121 Å². The minimum absolute atomic E-state index is 0.0475. The van der Waals surface area contributed by atoms with Crippen LogP contribution < -0.4 is 0 Å². The summed E-state index contributed by atoms with van der Waals surface area (Å²) in [6.45, 7) is 9.19. The quantitative estimate of drug-likeness (QED) is 0.372. The molecular formula is C25H32N4O6S. The molecule has 36 heavy (non-hydrogen) atoms. The molecule has 1 amide bonds. The number of aryl methyl sites for hydroxylation is 1. The normalized spacial score (nSPS) is 12.5. The third-order valence-electron chi connectivity index (χ3n) is 5.55. The monoisotopic (exact) mass is 516 g/mol. The Balaban J connectivity index is 1.96. The molecule has 1 unspecified atom stereocenters. The van der Waals surface area contributed by atoms with E-state index in [4.69, 9.17) is 9.47 Å². The molecule has 0 bridgehead atoms. The first-order valence-corrected chi connectivity index (χ1v) is 13.3. The number of benzene rings is 1. The van der Waals surface area contributed by atoms with Gasteiger partial charge in [-0.3, -0.25) is 4.98 Å². The highest BCUT2D eigenvalue weighted by Gasteiger charge is 2.42. The predicted octanol–water partition coefficient (Wildman–Crippen LogP) is 3.91. The van der Waals surface area contributed by atoms with Crippen LogP contribution in [0.5, 0.6) is 0 Å². The maximum Gasteiger partial charge on any atom is 0.424 e. The summed E-state index contributed by atoms with van der Waals surface area (Å²) < 4.78 is 39.9. The first kappa shape index (κ1) is 27.1. The minimum atomic E-state index is -4.42. The molecule has 194 valence electrons. The summed E-state index contributed by atoms with van der Waals surface area (Å²) in [5.41, 5.74) is 2.51. The lowest BCUT2D eigenvalue weighted by Gasteiger charge is -2.29. The number of hydrogen-bond donors (Lipinski definition) is 0. The van der Waals surface area contributed by atoms with Crippen LogP contribution in [0.1, 0.15) is 45.5 Å². The lowest BCUT2D eigenvalue weighted by Crippen LogP contribution is -2.50. The minimum Gasteiger partial charge on any atom is -0.464 e. The number of amides is 1. The van der Waals surface area contributed by atoms with E-state index < -0.39 is 28.1 Å². The van der Waals surface area contributed by atoms with Crippen molar-refractivity contribution in [2.24, 2.45) is 5.92 Å². The van der Waals surface area contributed by atoms with Crippen molar-refractivity contribution >= 4 is 33.1 Å². The Morgan fingerprint density at radius 3 is 2.33 bits per heavy atom. The van der Waals surface area contributed by atoms with E-state index in [-0.39, 0.29) is 30.4 Å². The third kappa shape index (κ3) is 5.84. The number of ether oxygens (including phenoxy) is 2. The molecule has 1 aromatic carbocycles. The van der Waals surface area contributed by atoms with Crippen molar-refractivity contribution in [3.05, 3.63) is 54.1 Å². The van der Waals surface area contributed by atoms with Gasteiger partial charge in [0.25, 0.3) is 10.0 Å². The van der Waals surface area contributed by atoms with Gasteiger partial charge >= 0.3 is 12.1 Å². The first-order valence-electron chi connectivity index (χ1n) is 11.8. The van der Waals surface area contributed by atoms with Crippen molar-refractivity contribution in [3.8, 4) is 0 Å². The zero-order valence-electron chi connectivity index (χ0n) is 21.2. The Morgan fingerprint density at radius 1 is 1.06 bits per heavy atom. The van der Waals surface area contributed by atoms with Crippen LogP contribution in [0.4, 0.5) is 4.79 Å². The lowest BCUT2D eigenvalue weighted by molar-refractivity contribution is -0.147. The molecule has 3 aromatic rings. The number of esters is 1. The molecule has 0 aliphatic rings. The van der Waals surface area contributed by atoms with Crippen molar-refractivity contribution in [1.29, 1.82) is 0 Å². The van der Waals surface area contributed by atoms with Crippen LogP contribution in [-0.2, 0) is 30.8 Å². The molecule has 11 heteroatoms. The number of carbonyl (C=O) groups excluding carboxylic acids is 2.